The van der Waals surface area contributed by atoms with Crippen LogP contribution in [0.5, 0.6) is 0 Å². The maximum Gasteiger partial charge on any atom is 0.407 e. The topological polar surface area (TPSA) is 105 Å². The Kier molecular flexibility index (Phi) is 7.54. The van der Waals surface area contributed by atoms with E-state index in [-0.39, 0.29) is 19.1 Å². The molecule has 2 aromatic rings. The molecule has 2 aromatic carbocycles. The Morgan fingerprint density at radius 1 is 1.03 bits per heavy atom. The lowest BCUT2D eigenvalue weighted by Gasteiger charge is -2.14. The second-order valence-corrected chi connectivity index (χ2v) is 7.14. The third-order valence-corrected chi connectivity index (χ3v) is 5.01. The minimum absolute atomic E-state index is 0.0588. The first-order valence-corrected chi connectivity index (χ1v) is 9.93. The molecule has 0 saturated carbocycles. The average molecular weight is 444 g/mol. The molecule has 3 N–H and O–H groups in total. The van der Waals surface area contributed by atoms with Gasteiger partial charge in [-0.05, 0) is 22.3 Å². The molecule has 0 saturated heterocycles. The highest BCUT2D eigenvalue weighted by atomic mass is 19.3. The summed E-state index contributed by atoms with van der Waals surface area (Å²) >= 11 is 0. The van der Waals surface area contributed by atoms with Crippen LogP contribution in [0, 0.1) is 0 Å². The summed E-state index contributed by atoms with van der Waals surface area (Å²) in [6, 6.07) is 14.2. The van der Waals surface area contributed by atoms with E-state index in [1.165, 1.54) is 6.08 Å². The van der Waals surface area contributed by atoms with E-state index in [4.69, 9.17) is 9.84 Å². The number of halogens is 2. The highest BCUT2D eigenvalue weighted by molar-refractivity contribution is 5.91. The van der Waals surface area contributed by atoms with Crippen LogP contribution in [0.1, 0.15) is 23.5 Å². The summed E-state index contributed by atoms with van der Waals surface area (Å²) in [5.74, 6) is -2.49. The van der Waals surface area contributed by atoms with Crippen molar-refractivity contribution < 1.29 is 33.0 Å². The van der Waals surface area contributed by atoms with E-state index in [2.05, 4.69) is 5.32 Å². The fourth-order valence-corrected chi connectivity index (χ4v) is 3.58. The van der Waals surface area contributed by atoms with Crippen LogP contribution >= 0.6 is 0 Å². The lowest BCUT2D eigenvalue weighted by Crippen LogP contribution is -2.41. The number of benzene rings is 2. The van der Waals surface area contributed by atoms with Gasteiger partial charge in [0.15, 0.2) is 0 Å². The molecule has 0 aliphatic heterocycles. The number of rotatable bonds is 9. The van der Waals surface area contributed by atoms with Gasteiger partial charge in [-0.25, -0.2) is 18.4 Å². The molecule has 0 aromatic heterocycles. The summed E-state index contributed by atoms with van der Waals surface area (Å²) in [5, 5.41) is 13.3. The number of alkyl carbamates (subject to hydrolysis) is 1. The van der Waals surface area contributed by atoms with Crippen LogP contribution in [0.2, 0.25) is 0 Å². The maximum atomic E-state index is 12.3. The minimum atomic E-state index is -2.87. The zero-order chi connectivity index (χ0) is 23.1. The van der Waals surface area contributed by atoms with Crippen molar-refractivity contribution in [1.29, 1.82) is 0 Å². The second kappa shape index (κ2) is 10.5. The average Bonchev–Trinajstić information content (AvgIpc) is 3.08. The smallest absolute Gasteiger partial charge is 0.407 e. The summed E-state index contributed by atoms with van der Waals surface area (Å²) in [4.78, 5) is 34.6. The van der Waals surface area contributed by atoms with E-state index in [1.54, 1.807) is 0 Å². The quantitative estimate of drug-likeness (QED) is 0.515. The fourth-order valence-electron chi connectivity index (χ4n) is 3.58. The molecular weight excluding hydrogens is 422 g/mol. The van der Waals surface area contributed by atoms with Crippen molar-refractivity contribution in [3.05, 3.63) is 71.8 Å². The highest BCUT2D eigenvalue weighted by Gasteiger charge is 2.29. The molecule has 0 spiro atoms. The molecule has 1 atom stereocenters. The van der Waals surface area contributed by atoms with Crippen LogP contribution in [0.4, 0.5) is 13.6 Å². The summed E-state index contributed by atoms with van der Waals surface area (Å²) in [6.07, 6.45) is -2.32. The van der Waals surface area contributed by atoms with Crippen LogP contribution in [0.25, 0.3) is 11.1 Å². The Labute approximate surface area is 183 Å². The number of carbonyl (C=O) groups excluding carboxylic acids is 2. The van der Waals surface area contributed by atoms with E-state index in [0.29, 0.717) is 0 Å². The van der Waals surface area contributed by atoms with Gasteiger partial charge in [0.05, 0.1) is 0 Å². The number of fused-ring (bicyclic) bond motifs is 3. The predicted octanol–water partition coefficient (Wildman–Crippen LogP) is 3.31. The molecule has 0 bridgehead atoms. The maximum absolute atomic E-state index is 12.3. The summed E-state index contributed by atoms with van der Waals surface area (Å²) in [7, 11) is 0. The Morgan fingerprint density at radius 3 is 2.19 bits per heavy atom. The number of nitrogens with one attached hydrogen (secondary N) is 2. The fraction of sp³-hybridized carbons (Fsp3) is 0.261. The highest BCUT2D eigenvalue weighted by Crippen LogP contribution is 2.44. The number of aliphatic carboxylic acids is 1. The minimum Gasteiger partial charge on any atom is -0.480 e. The molecule has 32 heavy (non-hydrogen) atoms. The van der Waals surface area contributed by atoms with Crippen molar-refractivity contribution in [2.24, 2.45) is 0 Å². The third kappa shape index (κ3) is 5.69. The van der Waals surface area contributed by atoms with Gasteiger partial charge in [-0.3, -0.25) is 4.79 Å². The van der Waals surface area contributed by atoms with E-state index >= 15 is 0 Å². The summed E-state index contributed by atoms with van der Waals surface area (Å²) in [5.41, 5.74) is 4.37. The number of hydrogen-bond acceptors (Lipinski definition) is 4. The molecule has 1 aliphatic rings. The molecular formula is C23H22F2N2O5. The number of carboxylic acid groups (broad SMARTS) is 1. The van der Waals surface area contributed by atoms with Gasteiger partial charge in [-0.15, -0.1) is 0 Å². The summed E-state index contributed by atoms with van der Waals surface area (Å²) < 4.78 is 30.0. The number of carbonyl (C=O) groups is 3. The number of alkyl halides is 2. The van der Waals surface area contributed by atoms with E-state index in [9.17, 15) is 23.2 Å². The zero-order valence-electron chi connectivity index (χ0n) is 17.0. The summed E-state index contributed by atoms with van der Waals surface area (Å²) in [6.45, 7) is 0.0780. The Balaban J connectivity index is 1.47. The van der Waals surface area contributed by atoms with E-state index in [0.717, 1.165) is 28.3 Å². The van der Waals surface area contributed by atoms with Crippen molar-refractivity contribution in [2.45, 2.75) is 24.8 Å². The van der Waals surface area contributed by atoms with Crippen molar-refractivity contribution in [2.75, 3.05) is 13.2 Å². The Hall–Kier alpha value is -3.75. The predicted molar refractivity (Wildman–Crippen MR) is 112 cm³/mol. The van der Waals surface area contributed by atoms with Gasteiger partial charge in [0, 0.05) is 25.0 Å². The van der Waals surface area contributed by atoms with Gasteiger partial charge in [-0.1, -0.05) is 54.6 Å². The molecule has 7 nitrogen and oxygen atoms in total. The van der Waals surface area contributed by atoms with Crippen LogP contribution in [0.15, 0.2) is 60.7 Å². The SMILES string of the molecule is O=C(/C=C/CNC(=O)OCC1c2ccccc2-c2ccccc21)NC(CC(F)F)C(=O)O. The van der Waals surface area contributed by atoms with Gasteiger partial charge >= 0.3 is 12.1 Å². The van der Waals surface area contributed by atoms with Crippen LogP contribution in [-0.4, -0.2) is 48.7 Å². The van der Waals surface area contributed by atoms with Crippen molar-refractivity contribution in [3.63, 3.8) is 0 Å². The normalized spacial score (nSPS) is 13.5. The molecule has 168 valence electrons. The lowest BCUT2D eigenvalue weighted by atomic mass is 9.98. The molecule has 0 radical (unpaired) electrons. The largest absolute Gasteiger partial charge is 0.480 e. The molecule has 1 aliphatic carbocycles. The first-order chi connectivity index (χ1) is 15.4. The van der Waals surface area contributed by atoms with Crippen molar-refractivity contribution in [1.82, 2.24) is 10.6 Å². The molecule has 1 unspecified atom stereocenters. The van der Waals surface area contributed by atoms with Gasteiger partial charge < -0.3 is 20.5 Å². The lowest BCUT2D eigenvalue weighted by molar-refractivity contribution is -0.142. The first kappa shape index (κ1) is 22.9. The molecule has 2 amide bonds. The van der Waals surface area contributed by atoms with Crippen LogP contribution < -0.4 is 10.6 Å². The standard InChI is InChI=1S/C23H22F2N2O5/c24-20(25)12-19(22(29)30)27-21(28)10-5-11-26-23(31)32-13-18-16-8-3-1-6-14(16)15-7-2-4-9-17(15)18/h1-10,18-20H,11-13H2,(H,26,31)(H,27,28)(H,29,30)/b10-5+. The van der Waals surface area contributed by atoms with E-state index in [1.807, 2.05) is 53.8 Å². The monoisotopic (exact) mass is 444 g/mol. The Morgan fingerprint density at radius 2 is 1.62 bits per heavy atom. The first-order valence-electron chi connectivity index (χ1n) is 9.93. The number of carboxylic acids is 1. The number of hydrogen-bond donors (Lipinski definition) is 3. The van der Waals surface area contributed by atoms with Gasteiger partial charge in [-0.2, -0.15) is 0 Å². The molecule has 3 rings (SSSR count). The van der Waals surface area contributed by atoms with Crippen LogP contribution in [0.3, 0.4) is 0 Å². The molecule has 0 heterocycles. The third-order valence-electron chi connectivity index (χ3n) is 5.01. The van der Waals surface area contributed by atoms with Crippen molar-refractivity contribution >= 4 is 18.0 Å². The Bertz CT molecular complexity index is 979. The van der Waals surface area contributed by atoms with Gasteiger partial charge in [0.25, 0.3) is 0 Å². The van der Waals surface area contributed by atoms with Crippen molar-refractivity contribution in [3.8, 4) is 11.1 Å². The molecule has 9 heteroatoms. The van der Waals surface area contributed by atoms with E-state index < -0.39 is 36.9 Å². The second-order valence-electron chi connectivity index (χ2n) is 7.14. The molecule has 0 fully saturated rings. The van der Waals surface area contributed by atoms with Gasteiger partial charge in [0.2, 0.25) is 12.3 Å². The van der Waals surface area contributed by atoms with Crippen LogP contribution in [-0.2, 0) is 14.3 Å². The number of ether oxygens (including phenoxy) is 1. The van der Waals surface area contributed by atoms with Gasteiger partial charge in [0.1, 0.15) is 12.6 Å². The zero-order valence-corrected chi connectivity index (χ0v) is 17.0. The number of amides is 2.